The van der Waals surface area contributed by atoms with Gasteiger partial charge in [-0.2, -0.15) is 0 Å². The Morgan fingerprint density at radius 2 is 2.00 bits per heavy atom. The van der Waals surface area contributed by atoms with E-state index in [-0.39, 0.29) is 23.5 Å². The number of carbonyl (C=O) groups is 3. The van der Waals surface area contributed by atoms with E-state index in [1.165, 1.54) is 11.8 Å². The van der Waals surface area contributed by atoms with Crippen LogP contribution in [-0.2, 0) is 9.59 Å². The average molecular weight is 347 g/mol. The maximum atomic E-state index is 12.6. The van der Waals surface area contributed by atoms with E-state index in [1.807, 2.05) is 30.3 Å². The fourth-order valence-electron chi connectivity index (χ4n) is 3.10. The zero-order chi connectivity index (χ0) is 17.1. The van der Waals surface area contributed by atoms with Crippen LogP contribution in [0.2, 0.25) is 0 Å². The highest BCUT2D eigenvalue weighted by Crippen LogP contribution is 2.24. The van der Waals surface area contributed by atoms with E-state index in [1.54, 1.807) is 21.7 Å². The van der Waals surface area contributed by atoms with Crippen LogP contribution < -0.4 is 4.90 Å². The quantitative estimate of drug-likeness (QED) is 0.815. The summed E-state index contributed by atoms with van der Waals surface area (Å²) < 4.78 is 0. The lowest BCUT2D eigenvalue weighted by molar-refractivity contribution is -0.136. The Labute approximate surface area is 145 Å². The summed E-state index contributed by atoms with van der Waals surface area (Å²) in [6.07, 6.45) is 0.895. The largest absolute Gasteiger partial charge is 0.334 e. The topological polar surface area (TPSA) is 60.9 Å². The second kappa shape index (κ2) is 7.25. The van der Waals surface area contributed by atoms with Crippen molar-refractivity contribution in [2.45, 2.75) is 18.9 Å². The first-order valence-corrected chi connectivity index (χ1v) is 9.10. The third-order valence-electron chi connectivity index (χ3n) is 4.55. The predicted octanol–water partition coefficient (Wildman–Crippen LogP) is 1.81. The molecule has 2 fully saturated rings. The monoisotopic (exact) mass is 347 g/mol. The Morgan fingerprint density at radius 1 is 1.25 bits per heavy atom. The molecule has 24 heavy (non-hydrogen) atoms. The molecular weight excluding hydrogens is 326 g/mol. The number of anilines is 1. The molecule has 128 valence electrons. The fourth-order valence-corrected chi connectivity index (χ4v) is 3.95. The van der Waals surface area contributed by atoms with Gasteiger partial charge in [0.05, 0.1) is 0 Å². The van der Waals surface area contributed by atoms with Gasteiger partial charge < -0.3 is 14.7 Å². The molecule has 2 saturated heterocycles. The van der Waals surface area contributed by atoms with Crippen molar-refractivity contribution in [2.24, 2.45) is 0 Å². The Balaban J connectivity index is 1.57. The summed E-state index contributed by atoms with van der Waals surface area (Å²) in [6.45, 7) is 1.75. The standard InChI is InChI=1S/C17H21N3O3S/c1-18(15(21)8-9-19-11-12-24-17(19)23)14-7-10-20(16(14)22)13-5-3-2-4-6-13/h2-6,14H,7-12H2,1H3/t14-/m1/s1. The van der Waals surface area contributed by atoms with Gasteiger partial charge in [0.1, 0.15) is 6.04 Å². The third-order valence-corrected chi connectivity index (χ3v) is 5.44. The molecular formula is C17H21N3O3S. The van der Waals surface area contributed by atoms with Crippen molar-refractivity contribution in [3.8, 4) is 0 Å². The number of amides is 3. The highest BCUT2D eigenvalue weighted by Gasteiger charge is 2.37. The predicted molar refractivity (Wildman–Crippen MR) is 94.0 cm³/mol. The minimum atomic E-state index is -0.415. The SMILES string of the molecule is CN(C(=O)CCN1CCSC1=O)[C@@H]1CCN(c2ccccc2)C1=O. The summed E-state index contributed by atoms with van der Waals surface area (Å²) in [5, 5.41) is 0.0395. The van der Waals surface area contributed by atoms with Crippen molar-refractivity contribution >= 4 is 34.5 Å². The molecule has 0 aliphatic carbocycles. The molecule has 3 amide bonds. The van der Waals surface area contributed by atoms with E-state index >= 15 is 0 Å². The van der Waals surface area contributed by atoms with Gasteiger partial charge in [0.15, 0.2) is 0 Å². The van der Waals surface area contributed by atoms with Crippen LogP contribution in [-0.4, -0.2) is 65.3 Å². The molecule has 7 heteroatoms. The normalized spacial score (nSPS) is 20.8. The minimum absolute atomic E-state index is 0.0372. The first-order valence-electron chi connectivity index (χ1n) is 8.11. The van der Waals surface area contributed by atoms with Gasteiger partial charge in [0, 0.05) is 44.5 Å². The highest BCUT2D eigenvalue weighted by molar-refractivity contribution is 8.13. The smallest absolute Gasteiger partial charge is 0.281 e. The van der Waals surface area contributed by atoms with Crippen LogP contribution in [0, 0.1) is 0 Å². The first kappa shape index (κ1) is 16.8. The lowest BCUT2D eigenvalue weighted by atomic mass is 10.2. The highest BCUT2D eigenvalue weighted by atomic mass is 32.2. The molecule has 0 saturated carbocycles. The number of thioether (sulfide) groups is 1. The Bertz CT molecular complexity index is 637. The van der Waals surface area contributed by atoms with Gasteiger partial charge in [-0.3, -0.25) is 14.4 Å². The van der Waals surface area contributed by atoms with Crippen LogP contribution in [0.25, 0.3) is 0 Å². The number of hydrogen-bond donors (Lipinski definition) is 0. The van der Waals surface area contributed by atoms with E-state index in [4.69, 9.17) is 0 Å². The summed E-state index contributed by atoms with van der Waals surface area (Å²) in [4.78, 5) is 41.6. The fraction of sp³-hybridized carbons (Fsp3) is 0.471. The summed E-state index contributed by atoms with van der Waals surface area (Å²) in [5.74, 6) is 0.661. The van der Waals surface area contributed by atoms with E-state index in [0.717, 1.165) is 11.4 Å². The average Bonchev–Trinajstić information content (AvgIpc) is 3.18. The Hall–Kier alpha value is -2.02. The summed E-state index contributed by atoms with van der Waals surface area (Å²) in [5.41, 5.74) is 0.866. The lowest BCUT2D eigenvalue weighted by Gasteiger charge is -2.25. The molecule has 2 aliphatic rings. The molecule has 3 rings (SSSR count). The molecule has 1 aromatic carbocycles. The van der Waals surface area contributed by atoms with E-state index in [0.29, 0.717) is 26.1 Å². The molecule has 0 bridgehead atoms. The van der Waals surface area contributed by atoms with Crippen molar-refractivity contribution in [3.63, 3.8) is 0 Å². The number of benzene rings is 1. The molecule has 6 nitrogen and oxygen atoms in total. The molecule has 0 radical (unpaired) electrons. The zero-order valence-electron chi connectivity index (χ0n) is 13.7. The Morgan fingerprint density at radius 3 is 2.67 bits per heavy atom. The minimum Gasteiger partial charge on any atom is -0.334 e. The van der Waals surface area contributed by atoms with Crippen LogP contribution in [0.3, 0.4) is 0 Å². The van der Waals surface area contributed by atoms with E-state index in [2.05, 4.69) is 0 Å². The van der Waals surface area contributed by atoms with Gasteiger partial charge in [-0.25, -0.2) is 0 Å². The molecule has 0 aromatic heterocycles. The van der Waals surface area contributed by atoms with Crippen LogP contribution in [0.4, 0.5) is 10.5 Å². The summed E-state index contributed by atoms with van der Waals surface area (Å²) in [6, 6.07) is 9.10. The van der Waals surface area contributed by atoms with Crippen molar-refractivity contribution in [1.29, 1.82) is 0 Å². The van der Waals surface area contributed by atoms with Crippen LogP contribution in [0.15, 0.2) is 30.3 Å². The maximum absolute atomic E-state index is 12.6. The molecule has 2 aliphatic heterocycles. The van der Waals surface area contributed by atoms with Crippen molar-refractivity contribution in [2.75, 3.05) is 37.3 Å². The van der Waals surface area contributed by atoms with Gasteiger partial charge in [0.2, 0.25) is 11.8 Å². The maximum Gasteiger partial charge on any atom is 0.281 e. The second-order valence-corrected chi connectivity index (χ2v) is 7.03. The number of rotatable bonds is 5. The molecule has 1 aromatic rings. The third kappa shape index (κ3) is 3.40. The Kier molecular flexibility index (Phi) is 5.08. The lowest BCUT2D eigenvalue weighted by Crippen LogP contribution is -2.43. The summed E-state index contributed by atoms with van der Waals surface area (Å²) >= 11 is 1.29. The molecule has 0 unspecified atom stereocenters. The molecule has 0 spiro atoms. The molecule has 0 N–H and O–H groups in total. The number of hydrogen-bond acceptors (Lipinski definition) is 4. The van der Waals surface area contributed by atoms with E-state index in [9.17, 15) is 14.4 Å². The molecule has 2 heterocycles. The zero-order valence-corrected chi connectivity index (χ0v) is 14.5. The van der Waals surface area contributed by atoms with Gasteiger partial charge in [0.25, 0.3) is 5.24 Å². The first-order chi connectivity index (χ1) is 11.6. The van der Waals surface area contributed by atoms with Crippen molar-refractivity contribution < 1.29 is 14.4 Å². The molecule has 1 atom stereocenters. The number of para-hydroxylation sites is 1. The van der Waals surface area contributed by atoms with Gasteiger partial charge in [-0.1, -0.05) is 30.0 Å². The van der Waals surface area contributed by atoms with Gasteiger partial charge in [-0.05, 0) is 18.6 Å². The van der Waals surface area contributed by atoms with Crippen LogP contribution >= 0.6 is 11.8 Å². The van der Waals surface area contributed by atoms with Crippen LogP contribution in [0.1, 0.15) is 12.8 Å². The number of carbonyl (C=O) groups excluding carboxylic acids is 3. The van der Waals surface area contributed by atoms with Gasteiger partial charge >= 0.3 is 0 Å². The second-order valence-electron chi connectivity index (χ2n) is 5.99. The van der Waals surface area contributed by atoms with Crippen LogP contribution in [0.5, 0.6) is 0 Å². The van der Waals surface area contributed by atoms with Crippen molar-refractivity contribution in [3.05, 3.63) is 30.3 Å². The number of nitrogens with zero attached hydrogens (tertiary/aromatic N) is 3. The van der Waals surface area contributed by atoms with E-state index < -0.39 is 6.04 Å². The van der Waals surface area contributed by atoms with Gasteiger partial charge in [-0.15, -0.1) is 0 Å². The number of likely N-dealkylation sites (N-methyl/N-ethyl adjacent to an activating group) is 1. The summed E-state index contributed by atoms with van der Waals surface area (Å²) in [7, 11) is 1.68. The van der Waals surface area contributed by atoms with Crippen molar-refractivity contribution in [1.82, 2.24) is 9.80 Å².